The third-order valence-electron chi connectivity index (χ3n) is 4.48. The Bertz CT molecular complexity index is 408. The number of hydrogen-bond donors (Lipinski definition) is 0. The monoisotopic (exact) mass is 292 g/mol. The molecule has 0 radical (unpaired) electrons. The van der Waals surface area contributed by atoms with Crippen molar-refractivity contribution in [1.29, 1.82) is 0 Å². The summed E-state index contributed by atoms with van der Waals surface area (Å²) in [6, 6.07) is 0.837. The van der Waals surface area contributed by atoms with E-state index in [0.717, 1.165) is 17.7 Å². The maximum Gasteiger partial charge on any atom is 0.187 e. The van der Waals surface area contributed by atoms with Crippen LogP contribution in [0.5, 0.6) is 0 Å². The van der Waals surface area contributed by atoms with E-state index >= 15 is 0 Å². The highest BCUT2D eigenvalue weighted by molar-refractivity contribution is 7.98. The average Bonchev–Trinajstić information content (AvgIpc) is 3.03. The molecule has 0 unspecified atom stereocenters. The Kier molecular flexibility index (Phi) is 4.91. The first-order chi connectivity index (χ1) is 9.85. The number of likely N-dealkylation sites (tertiary alicyclic amines) is 2. The first kappa shape index (κ1) is 14.3. The van der Waals surface area contributed by atoms with E-state index in [-0.39, 0.29) is 0 Å². The van der Waals surface area contributed by atoms with Gasteiger partial charge in [0.15, 0.2) is 5.16 Å². The van der Waals surface area contributed by atoms with E-state index in [1.165, 1.54) is 57.4 Å². The van der Waals surface area contributed by atoms with Crippen LogP contribution in [-0.2, 0) is 6.54 Å². The van der Waals surface area contributed by atoms with Crippen LogP contribution in [0.25, 0.3) is 0 Å². The Hall–Kier alpha value is -0.650. The lowest BCUT2D eigenvalue weighted by Gasteiger charge is -2.36. The van der Waals surface area contributed by atoms with Crippen LogP contribution < -0.4 is 0 Å². The van der Waals surface area contributed by atoms with Gasteiger partial charge in [-0.05, 0) is 58.1 Å². The number of hydrogen-bond acceptors (Lipinski definition) is 5. The molecular formula is C15H24N4S. The lowest BCUT2D eigenvalue weighted by molar-refractivity contribution is 0.122. The standard InChI is InChI=1S/C15H24N4S/c1-20-15-16-10-13(11-17-15)12-18-8-4-14(5-9-18)19-6-2-3-7-19/h10-11,14H,2-9,12H2,1H3. The fraction of sp³-hybridized carbons (Fsp3) is 0.733. The number of nitrogens with zero attached hydrogens (tertiary/aromatic N) is 4. The zero-order valence-electron chi connectivity index (χ0n) is 12.3. The highest BCUT2D eigenvalue weighted by Gasteiger charge is 2.26. The molecule has 1 aromatic rings. The van der Waals surface area contributed by atoms with E-state index in [4.69, 9.17) is 0 Å². The fourth-order valence-electron chi connectivity index (χ4n) is 3.34. The summed E-state index contributed by atoms with van der Waals surface area (Å²) in [5.74, 6) is 0. The summed E-state index contributed by atoms with van der Waals surface area (Å²) in [5.41, 5.74) is 1.24. The second-order valence-electron chi connectivity index (χ2n) is 5.83. The van der Waals surface area contributed by atoms with E-state index in [2.05, 4.69) is 19.8 Å². The Balaban J connectivity index is 1.47. The Morgan fingerprint density at radius 2 is 1.75 bits per heavy atom. The summed E-state index contributed by atoms with van der Waals surface area (Å²) in [5, 5.41) is 0.862. The zero-order chi connectivity index (χ0) is 13.8. The maximum atomic E-state index is 4.36. The molecule has 0 aliphatic carbocycles. The second kappa shape index (κ2) is 6.87. The molecule has 0 aromatic carbocycles. The molecule has 2 saturated heterocycles. The highest BCUT2D eigenvalue weighted by atomic mass is 32.2. The van der Waals surface area contributed by atoms with Gasteiger partial charge < -0.3 is 4.90 Å². The van der Waals surface area contributed by atoms with E-state index in [9.17, 15) is 0 Å². The molecule has 0 N–H and O–H groups in total. The average molecular weight is 292 g/mol. The number of aromatic nitrogens is 2. The van der Waals surface area contributed by atoms with Crippen molar-refractivity contribution < 1.29 is 0 Å². The van der Waals surface area contributed by atoms with Gasteiger partial charge in [-0.25, -0.2) is 9.97 Å². The first-order valence-corrected chi connectivity index (χ1v) is 8.89. The quantitative estimate of drug-likeness (QED) is 0.628. The van der Waals surface area contributed by atoms with Crippen molar-refractivity contribution >= 4 is 11.8 Å². The zero-order valence-corrected chi connectivity index (χ0v) is 13.1. The van der Waals surface area contributed by atoms with Gasteiger partial charge in [0.2, 0.25) is 0 Å². The molecule has 0 spiro atoms. The molecule has 110 valence electrons. The van der Waals surface area contributed by atoms with Crippen LogP contribution in [0, 0.1) is 0 Å². The van der Waals surface area contributed by atoms with Crippen molar-refractivity contribution in [2.45, 2.75) is 43.4 Å². The van der Waals surface area contributed by atoms with Crippen LogP contribution in [0.1, 0.15) is 31.2 Å². The molecule has 1 aromatic heterocycles. The molecule has 0 saturated carbocycles. The molecule has 3 rings (SSSR count). The van der Waals surface area contributed by atoms with Crippen LogP contribution in [0.2, 0.25) is 0 Å². The minimum absolute atomic E-state index is 0.837. The molecule has 3 heterocycles. The van der Waals surface area contributed by atoms with Gasteiger partial charge in [0.05, 0.1) is 0 Å². The summed E-state index contributed by atoms with van der Waals surface area (Å²) in [6.45, 7) is 6.08. The van der Waals surface area contributed by atoms with Crippen LogP contribution in [-0.4, -0.2) is 58.2 Å². The lowest BCUT2D eigenvalue weighted by Crippen LogP contribution is -2.43. The number of thioether (sulfide) groups is 1. The minimum atomic E-state index is 0.837. The van der Waals surface area contributed by atoms with Crippen LogP contribution in [0.4, 0.5) is 0 Å². The van der Waals surface area contributed by atoms with Gasteiger partial charge in [0.1, 0.15) is 0 Å². The molecule has 5 heteroatoms. The smallest absolute Gasteiger partial charge is 0.187 e. The molecule has 2 fully saturated rings. The Morgan fingerprint density at radius 1 is 1.10 bits per heavy atom. The van der Waals surface area contributed by atoms with Gasteiger partial charge in [-0.1, -0.05) is 11.8 Å². The van der Waals surface area contributed by atoms with Crippen LogP contribution in [0.3, 0.4) is 0 Å². The van der Waals surface area contributed by atoms with Gasteiger partial charge in [-0.3, -0.25) is 4.90 Å². The largest absolute Gasteiger partial charge is 0.300 e. The summed E-state index contributed by atoms with van der Waals surface area (Å²) in [7, 11) is 0. The van der Waals surface area contributed by atoms with E-state index in [1.54, 1.807) is 11.8 Å². The van der Waals surface area contributed by atoms with E-state index in [0.29, 0.717) is 0 Å². The third-order valence-corrected chi connectivity index (χ3v) is 5.06. The summed E-state index contributed by atoms with van der Waals surface area (Å²) >= 11 is 1.60. The van der Waals surface area contributed by atoms with Crippen LogP contribution >= 0.6 is 11.8 Å². The molecular weight excluding hydrogens is 268 g/mol. The topological polar surface area (TPSA) is 32.3 Å². The summed E-state index contributed by atoms with van der Waals surface area (Å²) in [4.78, 5) is 14.0. The van der Waals surface area contributed by atoms with Crippen LogP contribution in [0.15, 0.2) is 17.6 Å². The minimum Gasteiger partial charge on any atom is -0.300 e. The predicted octanol–water partition coefficient (Wildman–Crippen LogP) is 2.26. The van der Waals surface area contributed by atoms with Gasteiger partial charge in [-0.15, -0.1) is 0 Å². The van der Waals surface area contributed by atoms with Crippen molar-refractivity contribution in [3.05, 3.63) is 18.0 Å². The van der Waals surface area contributed by atoms with Gasteiger partial charge in [0.25, 0.3) is 0 Å². The third kappa shape index (κ3) is 3.51. The maximum absolute atomic E-state index is 4.36. The molecule has 2 aliphatic rings. The second-order valence-corrected chi connectivity index (χ2v) is 6.60. The lowest BCUT2D eigenvalue weighted by atomic mass is 10.0. The van der Waals surface area contributed by atoms with Gasteiger partial charge >= 0.3 is 0 Å². The Morgan fingerprint density at radius 3 is 2.35 bits per heavy atom. The SMILES string of the molecule is CSc1ncc(CN2CCC(N3CCCC3)CC2)cn1. The molecule has 0 amide bonds. The van der Waals surface area contributed by atoms with Crippen molar-refractivity contribution in [3.8, 4) is 0 Å². The normalized spacial score (nSPS) is 22.4. The van der Waals surface area contributed by atoms with Crippen molar-refractivity contribution in [1.82, 2.24) is 19.8 Å². The van der Waals surface area contributed by atoms with Crippen molar-refractivity contribution in [2.24, 2.45) is 0 Å². The first-order valence-electron chi connectivity index (χ1n) is 7.66. The molecule has 0 atom stereocenters. The predicted molar refractivity (Wildman–Crippen MR) is 82.9 cm³/mol. The molecule has 2 aliphatic heterocycles. The van der Waals surface area contributed by atoms with Crippen molar-refractivity contribution in [3.63, 3.8) is 0 Å². The van der Waals surface area contributed by atoms with E-state index < -0.39 is 0 Å². The molecule has 4 nitrogen and oxygen atoms in total. The number of piperidine rings is 1. The summed E-state index contributed by atoms with van der Waals surface area (Å²) in [6.07, 6.45) is 11.4. The van der Waals surface area contributed by atoms with Gasteiger partial charge in [-0.2, -0.15) is 0 Å². The molecule has 20 heavy (non-hydrogen) atoms. The van der Waals surface area contributed by atoms with Gasteiger partial charge in [0, 0.05) is 30.5 Å². The highest BCUT2D eigenvalue weighted by Crippen LogP contribution is 2.22. The van der Waals surface area contributed by atoms with E-state index in [1.807, 2.05) is 18.6 Å². The number of rotatable bonds is 4. The summed E-state index contributed by atoms with van der Waals surface area (Å²) < 4.78 is 0. The fourth-order valence-corrected chi connectivity index (χ4v) is 3.65. The van der Waals surface area contributed by atoms with Crippen molar-refractivity contribution in [2.75, 3.05) is 32.4 Å². The molecule has 0 bridgehead atoms. The Labute approximate surface area is 126 Å².